The lowest BCUT2D eigenvalue weighted by Crippen LogP contribution is -2.36. The van der Waals surface area contributed by atoms with Crippen LogP contribution in [0.1, 0.15) is 33.8 Å². The number of rotatable bonds is 5. The molecule has 130 valence electrons. The second-order valence-corrected chi connectivity index (χ2v) is 6.99. The Kier molecular flexibility index (Phi) is 4.55. The van der Waals surface area contributed by atoms with E-state index in [0.29, 0.717) is 18.4 Å². The molecule has 1 heterocycles. The number of benzene rings is 2. The van der Waals surface area contributed by atoms with Gasteiger partial charge in [0.1, 0.15) is 0 Å². The van der Waals surface area contributed by atoms with E-state index in [1.165, 1.54) is 5.56 Å². The van der Waals surface area contributed by atoms with E-state index in [4.69, 9.17) is 10.5 Å². The molecule has 1 saturated carbocycles. The number of Topliss-reactive ketones (excluding diaryl/α,β-unsaturated/α-hetero) is 1. The summed E-state index contributed by atoms with van der Waals surface area (Å²) in [6, 6.07) is 16.6. The standard InChI is InChI=1S/C21H24N2O2/c22-20-14-19(20)16-3-1-15(2-4-16)13-21(24)17-5-7-18(8-6-17)23-9-11-25-12-10-23/h1-8,19-20H,9-14,22H2/t19-,20+/m0/s1. The van der Waals surface area contributed by atoms with Crippen molar-refractivity contribution in [2.45, 2.75) is 24.8 Å². The van der Waals surface area contributed by atoms with Crippen LogP contribution in [0.2, 0.25) is 0 Å². The zero-order valence-electron chi connectivity index (χ0n) is 14.4. The second-order valence-electron chi connectivity index (χ2n) is 6.99. The number of morpholine rings is 1. The first kappa shape index (κ1) is 16.3. The van der Waals surface area contributed by atoms with Crippen molar-refractivity contribution >= 4 is 11.5 Å². The Bertz CT molecular complexity index is 733. The Morgan fingerprint density at radius 1 is 1.04 bits per heavy atom. The van der Waals surface area contributed by atoms with Crippen LogP contribution in [0.25, 0.3) is 0 Å². The molecule has 1 saturated heterocycles. The molecule has 2 fully saturated rings. The number of anilines is 1. The molecule has 4 nitrogen and oxygen atoms in total. The van der Waals surface area contributed by atoms with Crippen LogP contribution in [0.5, 0.6) is 0 Å². The summed E-state index contributed by atoms with van der Waals surface area (Å²) in [6.45, 7) is 3.35. The van der Waals surface area contributed by atoms with Crippen molar-refractivity contribution in [3.63, 3.8) is 0 Å². The van der Waals surface area contributed by atoms with Gasteiger partial charge in [0.05, 0.1) is 13.2 Å². The Morgan fingerprint density at radius 3 is 2.28 bits per heavy atom. The molecular weight excluding hydrogens is 312 g/mol. The van der Waals surface area contributed by atoms with Gasteiger partial charge in [-0.05, 0) is 41.8 Å². The van der Waals surface area contributed by atoms with E-state index < -0.39 is 0 Å². The van der Waals surface area contributed by atoms with Crippen molar-refractivity contribution in [3.8, 4) is 0 Å². The van der Waals surface area contributed by atoms with Gasteiger partial charge in [-0.25, -0.2) is 0 Å². The number of carbonyl (C=O) groups is 1. The van der Waals surface area contributed by atoms with Crippen LogP contribution in [0.3, 0.4) is 0 Å². The third-order valence-corrected chi connectivity index (χ3v) is 5.18. The van der Waals surface area contributed by atoms with Crippen molar-refractivity contribution in [3.05, 3.63) is 65.2 Å². The smallest absolute Gasteiger partial charge is 0.167 e. The summed E-state index contributed by atoms with van der Waals surface area (Å²) in [5.41, 5.74) is 10.2. The molecule has 1 aliphatic heterocycles. The molecule has 0 aromatic heterocycles. The van der Waals surface area contributed by atoms with Crippen LogP contribution < -0.4 is 10.6 Å². The molecule has 4 heteroatoms. The molecule has 0 spiro atoms. The van der Waals surface area contributed by atoms with Crippen LogP contribution in [0, 0.1) is 0 Å². The number of carbonyl (C=O) groups excluding carboxylic acids is 1. The Morgan fingerprint density at radius 2 is 1.68 bits per heavy atom. The molecule has 2 atom stereocenters. The summed E-state index contributed by atoms with van der Waals surface area (Å²) >= 11 is 0. The van der Waals surface area contributed by atoms with Crippen LogP contribution in [0.15, 0.2) is 48.5 Å². The molecule has 25 heavy (non-hydrogen) atoms. The highest BCUT2D eigenvalue weighted by atomic mass is 16.5. The van der Waals surface area contributed by atoms with Gasteiger partial charge in [0.15, 0.2) is 5.78 Å². The number of nitrogens with zero attached hydrogens (tertiary/aromatic N) is 1. The first-order valence-corrected chi connectivity index (χ1v) is 9.01. The first-order chi connectivity index (χ1) is 12.2. The average Bonchev–Trinajstić information content (AvgIpc) is 3.40. The summed E-state index contributed by atoms with van der Waals surface area (Å²) < 4.78 is 5.38. The van der Waals surface area contributed by atoms with Gasteiger partial charge in [0.25, 0.3) is 0 Å². The summed E-state index contributed by atoms with van der Waals surface area (Å²) in [7, 11) is 0. The van der Waals surface area contributed by atoms with Crippen molar-refractivity contribution in [1.29, 1.82) is 0 Å². The highest BCUT2D eigenvalue weighted by Gasteiger charge is 2.34. The van der Waals surface area contributed by atoms with Gasteiger partial charge in [-0.15, -0.1) is 0 Å². The summed E-state index contributed by atoms with van der Waals surface area (Å²) in [5.74, 6) is 0.668. The lowest BCUT2D eigenvalue weighted by atomic mass is 10.0. The number of hydrogen-bond donors (Lipinski definition) is 1. The normalized spacial score (nSPS) is 22.7. The van der Waals surface area contributed by atoms with Gasteiger partial charge < -0.3 is 15.4 Å². The maximum absolute atomic E-state index is 12.5. The number of hydrogen-bond acceptors (Lipinski definition) is 4. The summed E-state index contributed by atoms with van der Waals surface area (Å²) in [4.78, 5) is 14.8. The molecule has 0 radical (unpaired) electrons. The van der Waals surface area contributed by atoms with Crippen molar-refractivity contribution < 1.29 is 9.53 Å². The summed E-state index contributed by atoms with van der Waals surface area (Å²) in [6.07, 6.45) is 1.52. The predicted octanol–water partition coefficient (Wildman–Crippen LogP) is 2.76. The van der Waals surface area contributed by atoms with E-state index in [1.54, 1.807) is 0 Å². The molecule has 2 aromatic carbocycles. The highest BCUT2D eigenvalue weighted by Crippen LogP contribution is 2.38. The zero-order valence-corrected chi connectivity index (χ0v) is 14.4. The van der Waals surface area contributed by atoms with Crippen LogP contribution >= 0.6 is 0 Å². The predicted molar refractivity (Wildman–Crippen MR) is 99.3 cm³/mol. The molecule has 2 N–H and O–H groups in total. The van der Waals surface area contributed by atoms with E-state index in [0.717, 1.165) is 49.5 Å². The second kappa shape index (κ2) is 6.98. The molecule has 4 rings (SSSR count). The molecular formula is C21H24N2O2. The molecule has 0 unspecified atom stereocenters. The Hall–Kier alpha value is -2.17. The molecule has 0 bridgehead atoms. The maximum Gasteiger partial charge on any atom is 0.167 e. The van der Waals surface area contributed by atoms with E-state index in [2.05, 4.69) is 29.2 Å². The van der Waals surface area contributed by atoms with Gasteiger partial charge in [0.2, 0.25) is 0 Å². The highest BCUT2D eigenvalue weighted by molar-refractivity contribution is 5.97. The third-order valence-electron chi connectivity index (χ3n) is 5.18. The van der Waals surface area contributed by atoms with Crippen molar-refractivity contribution in [2.24, 2.45) is 5.73 Å². The monoisotopic (exact) mass is 336 g/mol. The lowest BCUT2D eigenvalue weighted by molar-refractivity contribution is 0.0993. The van der Waals surface area contributed by atoms with Gasteiger partial charge in [-0.1, -0.05) is 24.3 Å². The van der Waals surface area contributed by atoms with E-state index in [1.807, 2.05) is 24.3 Å². The van der Waals surface area contributed by atoms with Crippen molar-refractivity contribution in [1.82, 2.24) is 0 Å². The van der Waals surface area contributed by atoms with E-state index >= 15 is 0 Å². The zero-order chi connectivity index (χ0) is 17.2. The lowest BCUT2D eigenvalue weighted by Gasteiger charge is -2.28. The molecule has 2 aromatic rings. The van der Waals surface area contributed by atoms with E-state index in [9.17, 15) is 4.79 Å². The Labute approximate surface area is 148 Å². The fourth-order valence-corrected chi connectivity index (χ4v) is 3.45. The fourth-order valence-electron chi connectivity index (χ4n) is 3.45. The number of nitrogens with two attached hydrogens (primary N) is 1. The SMILES string of the molecule is N[C@@H]1C[C@H]1c1ccc(CC(=O)c2ccc(N3CCOCC3)cc2)cc1. The summed E-state index contributed by atoms with van der Waals surface area (Å²) in [5, 5.41) is 0. The minimum absolute atomic E-state index is 0.157. The third kappa shape index (κ3) is 3.75. The Balaban J connectivity index is 1.38. The van der Waals surface area contributed by atoms with E-state index in [-0.39, 0.29) is 5.78 Å². The number of ketones is 1. The minimum atomic E-state index is 0.157. The van der Waals surface area contributed by atoms with Gasteiger partial charge in [0, 0.05) is 42.7 Å². The maximum atomic E-state index is 12.5. The minimum Gasteiger partial charge on any atom is -0.378 e. The van der Waals surface area contributed by atoms with Crippen molar-refractivity contribution in [2.75, 3.05) is 31.2 Å². The van der Waals surface area contributed by atoms with Crippen LogP contribution in [-0.2, 0) is 11.2 Å². The van der Waals surface area contributed by atoms with Gasteiger partial charge >= 0.3 is 0 Å². The first-order valence-electron chi connectivity index (χ1n) is 9.01. The molecule has 1 aliphatic carbocycles. The number of ether oxygens (including phenoxy) is 1. The van der Waals surface area contributed by atoms with Gasteiger partial charge in [-0.2, -0.15) is 0 Å². The molecule has 2 aliphatic rings. The van der Waals surface area contributed by atoms with Crippen LogP contribution in [-0.4, -0.2) is 38.1 Å². The topological polar surface area (TPSA) is 55.6 Å². The fraction of sp³-hybridized carbons (Fsp3) is 0.381. The molecule has 0 amide bonds. The average molecular weight is 336 g/mol. The van der Waals surface area contributed by atoms with Gasteiger partial charge in [-0.3, -0.25) is 4.79 Å². The quantitative estimate of drug-likeness (QED) is 0.853. The van der Waals surface area contributed by atoms with Crippen LogP contribution in [0.4, 0.5) is 5.69 Å². The largest absolute Gasteiger partial charge is 0.378 e.